The van der Waals surface area contributed by atoms with Crippen molar-refractivity contribution in [1.82, 2.24) is 24.9 Å². The molecule has 0 saturated carbocycles. The van der Waals surface area contributed by atoms with Gasteiger partial charge in [0.05, 0.1) is 61.6 Å². The first-order chi connectivity index (χ1) is 48.2. The van der Waals surface area contributed by atoms with Crippen LogP contribution >= 0.6 is 50.5 Å². The molecular weight excluding hydrogens is 1580 g/mol. The third-order valence-corrected chi connectivity index (χ3v) is 12.3. The first kappa shape index (κ1) is 89.5. The van der Waals surface area contributed by atoms with Crippen molar-refractivity contribution >= 4 is 144 Å². The Morgan fingerprint density at radius 2 is 0.924 bits per heavy atom. The Bertz CT molecular complexity index is 4980. The van der Waals surface area contributed by atoms with Crippen LogP contribution in [0.3, 0.4) is 0 Å². The van der Waals surface area contributed by atoms with Crippen LogP contribution in [-0.4, -0.2) is 71.9 Å². The fourth-order valence-electron chi connectivity index (χ4n) is 8.06. The summed E-state index contributed by atoms with van der Waals surface area (Å²) in [6, 6.07) is 39.6. The van der Waals surface area contributed by atoms with Crippen LogP contribution in [0.25, 0.3) is 54.5 Å². The molecule has 0 fully saturated rings. The molecule has 0 amide bonds. The number of nitrogens with two attached hydrogens (primary N) is 2. The van der Waals surface area contributed by atoms with E-state index in [4.69, 9.17) is 40.6 Å². The maximum absolute atomic E-state index is 12.7. The highest BCUT2D eigenvalue weighted by atomic mass is 36.0. The molecule has 0 saturated heterocycles. The number of esters is 1. The van der Waals surface area contributed by atoms with Crippen molar-refractivity contribution in [2.45, 2.75) is 50.4 Å². The van der Waals surface area contributed by atoms with Crippen LogP contribution in [0.4, 0.5) is 96.1 Å². The fraction of sp³-hybridized carbons (Fsp3) is 0.145. The molecule has 0 aliphatic carbocycles. The summed E-state index contributed by atoms with van der Waals surface area (Å²) in [4.78, 5) is 58.9. The minimum absolute atomic E-state index is 0.00426. The number of Topliss-reactive ketones (excluding diaryl/α,β-unsaturated/α-hetero) is 1. The van der Waals surface area contributed by atoms with Crippen molar-refractivity contribution in [3.63, 3.8) is 0 Å². The molecule has 0 radical (unpaired) electrons. The highest BCUT2D eigenvalue weighted by Gasteiger charge is 2.40. The van der Waals surface area contributed by atoms with Gasteiger partial charge in [-0.15, -0.1) is 0 Å². The molecule has 0 spiro atoms. The lowest BCUT2D eigenvalue weighted by molar-refractivity contribution is -0.383. The van der Waals surface area contributed by atoms with Crippen LogP contribution < -0.4 is 17.0 Å². The van der Waals surface area contributed by atoms with E-state index in [0.29, 0.717) is 11.6 Å². The molecule has 5 heterocycles. The number of hydrogen-bond donors (Lipinski definition) is 5. The van der Waals surface area contributed by atoms with E-state index in [-0.39, 0.29) is 66.4 Å². The Hall–Kier alpha value is -9.69. The molecule has 0 bridgehead atoms. The molecular formula is C62H45Cl4F18N8O11PS. The zero-order valence-corrected chi connectivity index (χ0v) is 56.7. The molecule has 105 heavy (non-hydrogen) atoms. The average Bonchev–Trinajstić information content (AvgIpc) is 0.817. The number of alkyl halides is 18. The van der Waals surface area contributed by atoms with Crippen LogP contribution in [0.2, 0.25) is 5.15 Å². The van der Waals surface area contributed by atoms with Crippen molar-refractivity contribution in [1.29, 1.82) is 0 Å². The Balaban J connectivity index is 0.000000314. The van der Waals surface area contributed by atoms with E-state index in [2.05, 4.69) is 63.4 Å². The second-order valence-corrected chi connectivity index (χ2v) is 27.4. The van der Waals surface area contributed by atoms with E-state index >= 15 is 0 Å². The number of aromatic amines is 1. The van der Waals surface area contributed by atoms with Gasteiger partial charge in [0, 0.05) is 68.9 Å². The van der Waals surface area contributed by atoms with Gasteiger partial charge in [0.15, 0.2) is 0 Å². The van der Waals surface area contributed by atoms with Crippen molar-refractivity contribution in [3.8, 4) is 0 Å². The summed E-state index contributed by atoms with van der Waals surface area (Å²) in [5.74, 6) is -3.24. The number of benzene rings is 6. The number of ether oxygens (including phenoxy) is 1. The molecule has 5 aromatic heterocycles. The maximum Gasteiger partial charge on any atom is 0.450 e. The van der Waals surface area contributed by atoms with Crippen molar-refractivity contribution in [2.24, 2.45) is 0 Å². The third-order valence-electron chi connectivity index (χ3n) is 12.1. The van der Waals surface area contributed by atoms with E-state index in [1.165, 1.54) is 79.9 Å². The fourth-order valence-corrected chi connectivity index (χ4v) is 8.26. The molecule has 19 nitrogen and oxygen atoms in total. The van der Waals surface area contributed by atoms with Gasteiger partial charge in [-0.1, -0.05) is 109 Å². The summed E-state index contributed by atoms with van der Waals surface area (Å²) in [5, 5.41) is 7.26. The number of ketones is 1. The van der Waals surface area contributed by atoms with Crippen LogP contribution in [0, 0.1) is 10.1 Å². The van der Waals surface area contributed by atoms with Gasteiger partial charge in [-0.05, 0) is 101 Å². The minimum Gasteiger partial charge on any atom is -0.466 e. The van der Waals surface area contributed by atoms with Gasteiger partial charge in [-0.3, -0.25) is 48.1 Å². The molecule has 11 aromatic rings. The summed E-state index contributed by atoms with van der Waals surface area (Å²) in [5.41, 5.74) is 7.59. The number of pyridine rings is 5. The molecule has 0 atom stereocenters. The highest BCUT2D eigenvalue weighted by molar-refractivity contribution is 8.24. The van der Waals surface area contributed by atoms with Gasteiger partial charge in [0.1, 0.15) is 17.1 Å². The molecule has 564 valence electrons. The second-order valence-electron chi connectivity index (χ2n) is 19.5. The smallest absolute Gasteiger partial charge is 0.450 e. The lowest BCUT2D eigenvalue weighted by Crippen LogP contribution is -2.26. The standard InChI is InChI=1S/C10H5ClF3N.C10H5F3N2O2.C10H7F3N2.C10H6F3NO.C10H6F3N.C6H7F3O3.C6H7N.Cl3OP.H2O4S/c11-9-5-7(10(12,13)14)6-3-1-2-4-8(6)15-9;11-10(12,13)7-4-5-14-9-6(7)2-1-3-8(9)15(16)17;11-10(12,13)7-4-5-15-9-6(7)2-1-3-8(9)14;11-10(12,13)7-5-9(15)14-8-4-2-1-3-6(7)8;11-10(12,13)8-5-6-14-9-4-2-1-3-7(8)9;1-2-12-5(11)3-4(10)6(7,8)9;7-6-4-2-1-3-5-6;2*1-5(2,3)4/h1-5H;1-5H;1-5H,14H2;1-5H,(H,14,15);1-6H;2-3H2,1H3;1-5H,7H2;;(H2,1,2,3,4). The number of nitrogens with zero attached hydrogens (tertiary/aromatic N) is 5. The lowest BCUT2D eigenvalue weighted by atomic mass is 10.1. The summed E-state index contributed by atoms with van der Waals surface area (Å²) in [6.45, 7) is 1.40. The molecule has 6 aromatic carbocycles. The number of H-pyrrole nitrogens is 1. The van der Waals surface area contributed by atoms with E-state index < -0.39 is 115 Å². The van der Waals surface area contributed by atoms with E-state index in [9.17, 15) is 108 Å². The summed E-state index contributed by atoms with van der Waals surface area (Å²) in [6.07, 6.45) is -25.2. The summed E-state index contributed by atoms with van der Waals surface area (Å²) >= 11 is 19.4. The first-order valence-corrected chi connectivity index (χ1v) is 33.9. The van der Waals surface area contributed by atoms with Crippen LogP contribution in [0.5, 0.6) is 0 Å². The number of hydrogen-bond acceptors (Lipinski definition) is 15. The number of carbonyl (C=O) groups excluding carboxylic acids is 2. The second kappa shape index (κ2) is 38.4. The SMILES string of the molecule is CCOC(=O)CC(=O)C(F)(F)F.FC(F)(F)c1cc(Cl)nc2ccccc12.FC(F)(F)c1ccnc2ccccc12.Nc1cccc2c(C(F)(F)F)ccnc12.Nc1ccccc1.O=P(Cl)(Cl)Cl.O=S(=O)(O)O.O=[N+]([O-])c1cccc2c(C(F)(F)F)ccnc12.O=c1cc(C(F)(F)F)c2ccccc2[nH]1. The average molecular weight is 1620 g/mol. The third kappa shape index (κ3) is 31.3. The molecule has 0 unspecified atom stereocenters. The van der Waals surface area contributed by atoms with Gasteiger partial charge in [-0.25, -0.2) is 9.97 Å². The Kier molecular flexibility index (Phi) is 32.7. The number of carbonyl (C=O) groups is 2. The molecule has 0 aliphatic heterocycles. The number of nitrogens with one attached hydrogen (secondary N) is 1. The topological polar surface area (TPSA) is 315 Å². The van der Waals surface area contributed by atoms with Crippen LogP contribution in [0.1, 0.15) is 41.2 Å². The van der Waals surface area contributed by atoms with Gasteiger partial charge in [0.25, 0.3) is 5.69 Å². The Labute approximate surface area is 597 Å². The van der Waals surface area contributed by atoms with Gasteiger partial charge in [-0.2, -0.15) is 87.4 Å². The number of non-ortho nitro benzene ring substituents is 1. The summed E-state index contributed by atoms with van der Waals surface area (Å²) < 4.78 is 268. The van der Waals surface area contributed by atoms with Gasteiger partial charge in [0.2, 0.25) is 11.3 Å². The van der Waals surface area contributed by atoms with Gasteiger partial charge < -0.3 is 21.2 Å². The Morgan fingerprint density at radius 3 is 1.37 bits per heavy atom. The molecule has 7 N–H and O–H groups in total. The number of aromatic nitrogens is 5. The maximum atomic E-state index is 12.7. The predicted molar refractivity (Wildman–Crippen MR) is 355 cm³/mol. The van der Waals surface area contributed by atoms with Gasteiger partial charge >= 0.3 is 58.6 Å². The number of nitrogen functional groups attached to an aromatic ring is 2. The predicted octanol–water partition coefficient (Wildman–Crippen LogP) is 20.2. The monoisotopic (exact) mass is 1620 g/mol. The van der Waals surface area contributed by atoms with Crippen LogP contribution in [0.15, 0.2) is 193 Å². The number of halogens is 22. The van der Waals surface area contributed by atoms with Crippen molar-refractivity contribution in [3.05, 3.63) is 242 Å². The number of nitro groups is 1. The minimum atomic E-state index is -4.95. The molecule has 43 heteroatoms. The van der Waals surface area contributed by atoms with E-state index in [1.807, 2.05) is 30.3 Å². The first-order valence-electron chi connectivity index (χ1n) is 27.7. The van der Waals surface area contributed by atoms with Crippen molar-refractivity contribution in [2.75, 3.05) is 18.1 Å². The molecule has 0 aliphatic rings. The highest BCUT2D eigenvalue weighted by Crippen LogP contribution is 2.61. The molecule has 11 rings (SSSR count). The lowest BCUT2D eigenvalue weighted by Gasteiger charge is -2.10. The van der Waals surface area contributed by atoms with E-state index in [1.54, 1.807) is 30.3 Å². The zero-order valence-electron chi connectivity index (χ0n) is 51.9. The quantitative estimate of drug-likeness (QED) is 0.0126. The van der Waals surface area contributed by atoms with Crippen LogP contribution in [-0.2, 0) is 60.2 Å². The van der Waals surface area contributed by atoms with E-state index in [0.717, 1.165) is 54.5 Å². The summed E-state index contributed by atoms with van der Waals surface area (Å²) in [7, 11) is -4.67. The number of para-hydroxylation sites is 6. The van der Waals surface area contributed by atoms with Crippen molar-refractivity contribution < 1.29 is 120 Å². The number of anilines is 2. The Morgan fingerprint density at radius 1 is 0.543 bits per heavy atom. The zero-order chi connectivity index (χ0) is 79.9. The normalized spacial score (nSPS) is 11.6. The largest absolute Gasteiger partial charge is 0.466 e. The number of nitro benzene ring substituents is 1. The number of fused-ring (bicyclic) bond motifs is 5. The number of rotatable bonds is 4.